The molecule has 0 aliphatic heterocycles. The lowest BCUT2D eigenvalue weighted by molar-refractivity contribution is -0.137. The largest absolute Gasteiger partial charge is 0.463 e. The van der Waals surface area contributed by atoms with Crippen LogP contribution in [0.25, 0.3) is 0 Å². The summed E-state index contributed by atoms with van der Waals surface area (Å²) in [6.07, 6.45) is 9.18. The van der Waals surface area contributed by atoms with E-state index < -0.39 is 0 Å². The van der Waals surface area contributed by atoms with E-state index in [1.54, 1.807) is 6.08 Å². The number of hydrogen-bond acceptors (Lipinski definition) is 4. The normalized spacial score (nSPS) is 24.0. The summed E-state index contributed by atoms with van der Waals surface area (Å²) in [5.74, 6) is -0.246. The molecular weight excluding hydrogens is 240 g/mol. The summed E-state index contributed by atoms with van der Waals surface area (Å²) in [5, 5.41) is 0. The molecule has 4 heteroatoms. The maximum absolute atomic E-state index is 11.3. The summed E-state index contributed by atoms with van der Waals surface area (Å²) < 4.78 is 4.88. The fourth-order valence-electron chi connectivity index (χ4n) is 2.65. The molecule has 0 radical (unpaired) electrons. The van der Waals surface area contributed by atoms with Crippen molar-refractivity contribution in [2.75, 3.05) is 19.7 Å². The molecule has 0 spiro atoms. The fraction of sp³-hybridized carbons (Fsp3) is 0.800. The van der Waals surface area contributed by atoms with Crippen LogP contribution < -0.4 is 5.73 Å². The van der Waals surface area contributed by atoms with Gasteiger partial charge in [-0.3, -0.25) is 4.90 Å². The standard InChI is InChI=1S/C15H28N2O2/c1-3-11-17(12-5-6-15(18)19-4-2)14-9-7-13(16)8-10-14/h5-6,13-14H,3-4,7-12,16H2,1-2H3/b6-5+. The molecule has 110 valence electrons. The molecule has 4 nitrogen and oxygen atoms in total. The molecule has 1 aliphatic carbocycles. The van der Waals surface area contributed by atoms with Crippen LogP contribution in [0.3, 0.4) is 0 Å². The van der Waals surface area contributed by atoms with Crippen LogP contribution >= 0.6 is 0 Å². The zero-order valence-electron chi connectivity index (χ0n) is 12.3. The van der Waals surface area contributed by atoms with E-state index >= 15 is 0 Å². The number of ether oxygens (including phenoxy) is 1. The van der Waals surface area contributed by atoms with E-state index in [-0.39, 0.29) is 5.97 Å². The Balaban J connectivity index is 2.41. The third-order valence-electron chi connectivity index (χ3n) is 3.65. The van der Waals surface area contributed by atoms with Crippen LogP contribution in [0.5, 0.6) is 0 Å². The lowest BCUT2D eigenvalue weighted by atomic mass is 9.90. The number of carbonyl (C=O) groups is 1. The van der Waals surface area contributed by atoms with Crippen LogP contribution in [-0.4, -0.2) is 42.6 Å². The molecule has 0 aromatic carbocycles. The van der Waals surface area contributed by atoms with Crippen molar-refractivity contribution in [2.24, 2.45) is 5.73 Å². The molecule has 1 rings (SSSR count). The Hall–Kier alpha value is -0.870. The molecule has 0 unspecified atom stereocenters. The molecule has 0 heterocycles. The van der Waals surface area contributed by atoms with Crippen molar-refractivity contribution in [3.63, 3.8) is 0 Å². The smallest absolute Gasteiger partial charge is 0.330 e. The summed E-state index contributed by atoms with van der Waals surface area (Å²) in [6.45, 7) is 6.35. The minimum absolute atomic E-state index is 0.246. The highest BCUT2D eigenvalue weighted by Crippen LogP contribution is 2.22. The molecule has 2 N–H and O–H groups in total. The van der Waals surface area contributed by atoms with E-state index in [4.69, 9.17) is 10.5 Å². The van der Waals surface area contributed by atoms with Crippen LogP contribution in [0.15, 0.2) is 12.2 Å². The SMILES string of the molecule is CCCN(C/C=C/C(=O)OCC)C1CCC(N)CC1. The van der Waals surface area contributed by atoms with Gasteiger partial charge in [0.1, 0.15) is 0 Å². The molecule has 1 aliphatic rings. The molecule has 0 aromatic rings. The van der Waals surface area contributed by atoms with Gasteiger partial charge in [0.05, 0.1) is 6.61 Å². The first-order chi connectivity index (χ1) is 9.17. The number of carbonyl (C=O) groups excluding carboxylic acids is 1. The number of hydrogen-bond donors (Lipinski definition) is 1. The quantitative estimate of drug-likeness (QED) is 0.567. The highest BCUT2D eigenvalue weighted by molar-refractivity contribution is 5.81. The van der Waals surface area contributed by atoms with Gasteiger partial charge in [0.25, 0.3) is 0 Å². The van der Waals surface area contributed by atoms with Gasteiger partial charge in [0.2, 0.25) is 0 Å². The second kappa shape index (κ2) is 9.10. The van der Waals surface area contributed by atoms with Crippen molar-refractivity contribution in [1.29, 1.82) is 0 Å². The maximum atomic E-state index is 11.3. The third-order valence-corrected chi connectivity index (χ3v) is 3.65. The first kappa shape index (κ1) is 16.2. The average molecular weight is 268 g/mol. The minimum Gasteiger partial charge on any atom is -0.463 e. The van der Waals surface area contributed by atoms with Crippen LogP contribution in [-0.2, 0) is 9.53 Å². The Kier molecular flexibility index (Phi) is 7.75. The highest BCUT2D eigenvalue weighted by Gasteiger charge is 2.22. The topological polar surface area (TPSA) is 55.6 Å². The number of esters is 1. The van der Waals surface area contributed by atoms with Gasteiger partial charge in [0.15, 0.2) is 0 Å². The van der Waals surface area contributed by atoms with E-state index in [1.165, 1.54) is 12.8 Å². The zero-order chi connectivity index (χ0) is 14.1. The van der Waals surface area contributed by atoms with Gasteiger partial charge >= 0.3 is 5.97 Å². The molecule has 0 amide bonds. The summed E-state index contributed by atoms with van der Waals surface area (Å²) in [5.41, 5.74) is 5.95. The highest BCUT2D eigenvalue weighted by atomic mass is 16.5. The van der Waals surface area contributed by atoms with Gasteiger partial charge < -0.3 is 10.5 Å². The van der Waals surface area contributed by atoms with E-state index in [1.807, 2.05) is 13.0 Å². The van der Waals surface area contributed by atoms with Gasteiger partial charge in [-0.1, -0.05) is 13.0 Å². The predicted octanol–water partition coefficient (Wildman–Crippen LogP) is 2.09. The van der Waals surface area contributed by atoms with Crippen LogP contribution in [0.4, 0.5) is 0 Å². The van der Waals surface area contributed by atoms with Crippen molar-refractivity contribution in [3.8, 4) is 0 Å². The Morgan fingerprint density at radius 2 is 2.00 bits per heavy atom. The molecule has 0 atom stereocenters. The lowest BCUT2D eigenvalue weighted by Gasteiger charge is -2.35. The summed E-state index contributed by atoms with van der Waals surface area (Å²) >= 11 is 0. The molecular formula is C15H28N2O2. The summed E-state index contributed by atoms with van der Waals surface area (Å²) in [6, 6.07) is 1.00. The van der Waals surface area contributed by atoms with E-state index in [2.05, 4.69) is 11.8 Å². The van der Waals surface area contributed by atoms with Crippen molar-refractivity contribution in [3.05, 3.63) is 12.2 Å². The Morgan fingerprint density at radius 3 is 2.58 bits per heavy atom. The molecule has 1 saturated carbocycles. The van der Waals surface area contributed by atoms with Gasteiger partial charge in [0, 0.05) is 24.7 Å². The molecule has 0 aromatic heterocycles. The second-order valence-corrected chi connectivity index (χ2v) is 5.22. The van der Waals surface area contributed by atoms with E-state index in [0.29, 0.717) is 18.7 Å². The Bertz CT molecular complexity index is 284. The molecule has 1 fully saturated rings. The molecule has 0 bridgehead atoms. The van der Waals surface area contributed by atoms with Crippen molar-refractivity contribution in [2.45, 2.75) is 58.0 Å². The van der Waals surface area contributed by atoms with Gasteiger partial charge in [-0.15, -0.1) is 0 Å². The second-order valence-electron chi connectivity index (χ2n) is 5.22. The van der Waals surface area contributed by atoms with Crippen molar-refractivity contribution < 1.29 is 9.53 Å². The predicted molar refractivity (Wildman–Crippen MR) is 77.9 cm³/mol. The number of nitrogens with two attached hydrogens (primary N) is 1. The Morgan fingerprint density at radius 1 is 1.32 bits per heavy atom. The van der Waals surface area contributed by atoms with Crippen LogP contribution in [0, 0.1) is 0 Å². The summed E-state index contributed by atoms with van der Waals surface area (Å²) in [4.78, 5) is 13.7. The van der Waals surface area contributed by atoms with Gasteiger partial charge in [-0.25, -0.2) is 4.79 Å². The fourth-order valence-corrected chi connectivity index (χ4v) is 2.65. The lowest BCUT2D eigenvalue weighted by Crippen LogP contribution is -2.41. The van der Waals surface area contributed by atoms with Crippen molar-refractivity contribution >= 4 is 5.97 Å². The van der Waals surface area contributed by atoms with Crippen LogP contribution in [0.1, 0.15) is 46.0 Å². The minimum atomic E-state index is -0.246. The summed E-state index contributed by atoms with van der Waals surface area (Å²) in [7, 11) is 0. The van der Waals surface area contributed by atoms with Crippen molar-refractivity contribution in [1.82, 2.24) is 4.90 Å². The first-order valence-corrected chi connectivity index (χ1v) is 7.50. The van der Waals surface area contributed by atoms with Gasteiger partial charge in [-0.05, 0) is 45.6 Å². The number of nitrogens with zero attached hydrogens (tertiary/aromatic N) is 1. The third kappa shape index (κ3) is 6.21. The first-order valence-electron chi connectivity index (χ1n) is 7.50. The molecule has 0 saturated heterocycles. The molecule has 19 heavy (non-hydrogen) atoms. The maximum Gasteiger partial charge on any atom is 0.330 e. The average Bonchev–Trinajstić information content (AvgIpc) is 2.39. The van der Waals surface area contributed by atoms with Gasteiger partial charge in [-0.2, -0.15) is 0 Å². The zero-order valence-corrected chi connectivity index (χ0v) is 12.3. The van der Waals surface area contributed by atoms with Crippen LogP contribution in [0.2, 0.25) is 0 Å². The van der Waals surface area contributed by atoms with E-state index in [9.17, 15) is 4.79 Å². The van der Waals surface area contributed by atoms with E-state index in [0.717, 1.165) is 32.4 Å². The number of rotatable bonds is 7. The monoisotopic (exact) mass is 268 g/mol. The Labute approximate surface area is 117 Å².